The van der Waals surface area contributed by atoms with Crippen molar-refractivity contribution >= 4 is 42.2 Å². The first kappa shape index (κ1) is 31.7. The number of aliphatic carboxylic acids is 1. The number of carbonyl (C=O) groups excluding carboxylic acids is 4. The molecule has 1 rings (SSSR count). The lowest BCUT2D eigenvalue weighted by Gasteiger charge is -2.25. The molecule has 0 heterocycles. The minimum Gasteiger partial charge on any atom is -0.508 e. The highest BCUT2D eigenvalue weighted by Crippen LogP contribution is 2.12. The molecule has 0 bridgehead atoms. The van der Waals surface area contributed by atoms with E-state index in [1.165, 1.54) is 12.1 Å². The van der Waals surface area contributed by atoms with Gasteiger partial charge in [-0.2, -0.15) is 12.6 Å². The summed E-state index contributed by atoms with van der Waals surface area (Å²) in [4.78, 5) is 61.5. The number of benzene rings is 1. The minimum absolute atomic E-state index is 0.00789. The van der Waals surface area contributed by atoms with Gasteiger partial charge in [0.25, 0.3) is 0 Å². The van der Waals surface area contributed by atoms with Gasteiger partial charge >= 0.3 is 5.97 Å². The van der Waals surface area contributed by atoms with Crippen molar-refractivity contribution in [1.82, 2.24) is 16.0 Å². The largest absolute Gasteiger partial charge is 0.508 e. The third-order valence-electron chi connectivity index (χ3n) is 5.42. The number of thiol groups is 1. The maximum atomic E-state index is 13.2. The number of rotatable bonds is 17. The van der Waals surface area contributed by atoms with Crippen molar-refractivity contribution in [2.75, 3.05) is 12.3 Å². The average Bonchev–Trinajstić information content (AvgIpc) is 2.85. The van der Waals surface area contributed by atoms with Crippen LogP contribution in [0, 0.1) is 0 Å². The third kappa shape index (κ3) is 11.9. The molecule has 0 aliphatic heterocycles. The smallest absolute Gasteiger partial charge is 0.326 e. The van der Waals surface area contributed by atoms with Crippen molar-refractivity contribution in [2.45, 2.75) is 62.7 Å². The van der Waals surface area contributed by atoms with Crippen LogP contribution in [-0.4, -0.2) is 76.3 Å². The Balaban J connectivity index is 3.10. The van der Waals surface area contributed by atoms with Gasteiger partial charge in [0.1, 0.15) is 23.9 Å². The van der Waals surface area contributed by atoms with E-state index >= 15 is 0 Å². The molecule has 4 atom stereocenters. The molecule has 4 unspecified atom stereocenters. The fourth-order valence-corrected chi connectivity index (χ4v) is 3.45. The summed E-state index contributed by atoms with van der Waals surface area (Å²) < 4.78 is 0. The Bertz CT molecular complexity index is 931. The van der Waals surface area contributed by atoms with Crippen LogP contribution >= 0.6 is 12.6 Å². The Morgan fingerprint density at radius 3 is 1.97 bits per heavy atom. The van der Waals surface area contributed by atoms with Gasteiger partial charge in [0.2, 0.25) is 23.6 Å². The van der Waals surface area contributed by atoms with Gasteiger partial charge in [-0.05, 0) is 49.9 Å². The topological polar surface area (TPSA) is 240 Å². The molecule has 37 heavy (non-hydrogen) atoms. The monoisotopic (exact) mass is 540 g/mol. The number of aromatic hydroxyl groups is 1. The van der Waals surface area contributed by atoms with Crippen molar-refractivity contribution in [2.24, 2.45) is 17.2 Å². The van der Waals surface area contributed by atoms with Gasteiger partial charge in [0, 0.05) is 18.6 Å². The van der Waals surface area contributed by atoms with Crippen molar-refractivity contribution in [3.63, 3.8) is 0 Å². The molecule has 1 aromatic carbocycles. The second-order valence-corrected chi connectivity index (χ2v) is 8.84. The Labute approximate surface area is 220 Å². The van der Waals surface area contributed by atoms with E-state index < -0.39 is 53.8 Å². The molecule has 0 radical (unpaired) electrons. The predicted octanol–water partition coefficient (Wildman–Crippen LogP) is -1.87. The van der Waals surface area contributed by atoms with E-state index in [1.807, 2.05) is 0 Å². The Morgan fingerprint density at radius 1 is 0.865 bits per heavy atom. The zero-order valence-electron chi connectivity index (χ0n) is 20.4. The normalized spacial score (nSPS) is 14.0. The molecule has 0 aromatic heterocycles. The summed E-state index contributed by atoms with van der Waals surface area (Å²) in [6.45, 7) is 0.364. The van der Waals surface area contributed by atoms with Gasteiger partial charge in [-0.1, -0.05) is 12.1 Å². The first-order chi connectivity index (χ1) is 17.5. The Morgan fingerprint density at radius 2 is 1.43 bits per heavy atom. The van der Waals surface area contributed by atoms with Crippen molar-refractivity contribution in [1.29, 1.82) is 0 Å². The molecule has 4 amide bonds. The first-order valence-electron chi connectivity index (χ1n) is 11.7. The van der Waals surface area contributed by atoms with Gasteiger partial charge in [0.15, 0.2) is 0 Å². The van der Waals surface area contributed by atoms with E-state index in [4.69, 9.17) is 17.2 Å². The van der Waals surface area contributed by atoms with E-state index in [0.29, 0.717) is 24.9 Å². The SMILES string of the molecule is NCCCCC(NC(=O)C(CCC(N)=O)NC(=O)C(Cc1ccc(O)cc1)NC(=O)C(N)CS)C(=O)O. The van der Waals surface area contributed by atoms with E-state index in [9.17, 15) is 34.2 Å². The zero-order chi connectivity index (χ0) is 28.0. The number of hydrogen-bond donors (Lipinski definition) is 9. The molecule has 13 nitrogen and oxygen atoms in total. The van der Waals surface area contributed by atoms with Crippen LogP contribution in [0.3, 0.4) is 0 Å². The molecule has 0 aliphatic carbocycles. The maximum Gasteiger partial charge on any atom is 0.326 e. The highest BCUT2D eigenvalue weighted by atomic mass is 32.1. The van der Waals surface area contributed by atoms with Crippen LogP contribution in [0.4, 0.5) is 0 Å². The average molecular weight is 541 g/mol. The number of hydrogen-bond acceptors (Lipinski definition) is 9. The molecular formula is C23H36N6O7S. The molecule has 1 aromatic rings. The highest BCUT2D eigenvalue weighted by molar-refractivity contribution is 7.80. The van der Waals surface area contributed by atoms with E-state index in [-0.39, 0.29) is 37.2 Å². The summed E-state index contributed by atoms with van der Waals surface area (Å²) >= 11 is 3.98. The molecular weight excluding hydrogens is 504 g/mol. The van der Waals surface area contributed by atoms with Gasteiger partial charge in [-0.3, -0.25) is 19.2 Å². The number of nitrogens with two attached hydrogens (primary N) is 3. The number of primary amides is 1. The standard InChI is InChI=1S/C23H36N6O7S/c24-10-2-1-3-17(23(35)36)28-21(33)16(8-9-19(26)31)27-22(34)18(29-20(32)15(25)12-37)11-13-4-6-14(30)7-5-13/h4-7,15-18,30,37H,1-3,8-12,24-25H2,(H2,26,31)(H,27,34)(H,28,33)(H,29,32)(H,35,36). The summed E-state index contributed by atoms with van der Waals surface area (Å²) in [7, 11) is 0. The van der Waals surface area contributed by atoms with Crippen LogP contribution in [0.25, 0.3) is 0 Å². The number of unbranched alkanes of at least 4 members (excludes halogenated alkanes) is 1. The van der Waals surface area contributed by atoms with Crippen LogP contribution in [0.1, 0.15) is 37.7 Å². The van der Waals surface area contributed by atoms with Crippen LogP contribution in [0.15, 0.2) is 24.3 Å². The summed E-state index contributed by atoms with van der Waals surface area (Å²) in [5.41, 5.74) is 16.9. The number of phenolic OH excluding ortho intramolecular Hbond substituents is 1. The molecule has 11 N–H and O–H groups in total. The van der Waals surface area contributed by atoms with E-state index in [2.05, 4.69) is 28.6 Å². The van der Waals surface area contributed by atoms with Crippen molar-refractivity contribution in [3.05, 3.63) is 29.8 Å². The molecule has 0 fully saturated rings. The zero-order valence-corrected chi connectivity index (χ0v) is 21.3. The third-order valence-corrected chi connectivity index (χ3v) is 5.81. The molecule has 14 heteroatoms. The van der Waals surface area contributed by atoms with E-state index in [1.54, 1.807) is 12.1 Å². The molecule has 0 saturated carbocycles. The number of carboxylic acid groups (broad SMARTS) is 1. The fourth-order valence-electron chi connectivity index (χ4n) is 3.29. The van der Waals surface area contributed by atoms with Gasteiger partial charge in [-0.15, -0.1) is 0 Å². The minimum atomic E-state index is -1.31. The lowest BCUT2D eigenvalue weighted by atomic mass is 10.0. The number of amides is 4. The Kier molecular flexibility index (Phi) is 14.0. The Hall–Kier alpha value is -3.36. The molecule has 0 saturated heterocycles. The van der Waals surface area contributed by atoms with Crippen molar-refractivity contribution in [3.8, 4) is 5.75 Å². The van der Waals surface area contributed by atoms with Crippen molar-refractivity contribution < 1.29 is 34.2 Å². The maximum absolute atomic E-state index is 13.2. The molecule has 0 spiro atoms. The quantitative estimate of drug-likeness (QED) is 0.0792. The van der Waals surface area contributed by atoms with Gasteiger partial charge in [-0.25, -0.2) is 4.79 Å². The lowest BCUT2D eigenvalue weighted by Crippen LogP contribution is -2.57. The summed E-state index contributed by atoms with van der Waals surface area (Å²) in [5.74, 6) is -4.21. The number of nitrogens with one attached hydrogen (secondary N) is 3. The van der Waals surface area contributed by atoms with Crippen LogP contribution < -0.4 is 33.2 Å². The number of phenols is 1. The van der Waals surface area contributed by atoms with Gasteiger partial charge in [0.05, 0.1) is 6.04 Å². The van der Waals surface area contributed by atoms with E-state index in [0.717, 1.165) is 0 Å². The van der Waals surface area contributed by atoms with Crippen LogP contribution in [-0.2, 0) is 30.4 Å². The fraction of sp³-hybridized carbons (Fsp3) is 0.522. The summed E-state index contributed by atoms with van der Waals surface area (Å²) in [6, 6.07) is 1.19. The second-order valence-electron chi connectivity index (χ2n) is 8.47. The number of carboxylic acids is 1. The van der Waals surface area contributed by atoms with Crippen LogP contribution in [0.5, 0.6) is 5.75 Å². The first-order valence-corrected chi connectivity index (χ1v) is 12.4. The number of carbonyl (C=O) groups is 5. The molecule has 206 valence electrons. The van der Waals surface area contributed by atoms with Gasteiger partial charge < -0.3 is 43.4 Å². The highest BCUT2D eigenvalue weighted by Gasteiger charge is 2.30. The summed E-state index contributed by atoms with van der Waals surface area (Å²) in [6.07, 6.45) is 0.668. The lowest BCUT2D eigenvalue weighted by molar-refractivity contribution is -0.142. The second kappa shape index (κ2) is 16.4. The van der Waals surface area contributed by atoms with Crippen LogP contribution in [0.2, 0.25) is 0 Å². The summed E-state index contributed by atoms with van der Waals surface area (Å²) in [5, 5.41) is 26.3. The predicted molar refractivity (Wildman–Crippen MR) is 138 cm³/mol. The molecule has 0 aliphatic rings.